The van der Waals surface area contributed by atoms with Gasteiger partial charge in [-0.3, -0.25) is 14.5 Å². The molecule has 2 aromatic heterocycles. The number of hydrogen-bond acceptors (Lipinski definition) is 3. The van der Waals surface area contributed by atoms with Gasteiger partial charge in [-0.1, -0.05) is 30.3 Å². The largest absolute Gasteiger partial charge is 0.332 e. The fraction of sp³-hybridized carbons (Fsp3) is 0.250. The Bertz CT molecular complexity index is 844. The second kappa shape index (κ2) is 6.89. The molecule has 0 spiro atoms. The molecule has 0 aliphatic carbocycles. The maximum Gasteiger partial charge on any atom is 0.257 e. The van der Waals surface area contributed by atoms with Crippen molar-refractivity contribution in [2.24, 2.45) is 0 Å². The number of rotatable bonds is 4. The van der Waals surface area contributed by atoms with Crippen LogP contribution in [0.5, 0.6) is 0 Å². The molecule has 1 aliphatic heterocycles. The van der Waals surface area contributed by atoms with Crippen molar-refractivity contribution in [3.05, 3.63) is 83.9 Å². The molecular weight excluding hydrogens is 312 g/mol. The van der Waals surface area contributed by atoms with Crippen molar-refractivity contribution in [2.75, 3.05) is 6.54 Å². The maximum atomic E-state index is 13.0. The summed E-state index contributed by atoms with van der Waals surface area (Å²) < 4.78 is 1.82. The minimum absolute atomic E-state index is 0.0543. The summed E-state index contributed by atoms with van der Waals surface area (Å²) >= 11 is 0. The van der Waals surface area contributed by atoms with Crippen LogP contribution in [0.1, 0.15) is 40.4 Å². The molecule has 1 atom stereocenters. The topological polar surface area (TPSA) is 51.0 Å². The predicted molar refractivity (Wildman–Crippen MR) is 95.0 cm³/mol. The third-order valence-corrected chi connectivity index (χ3v) is 4.67. The highest BCUT2D eigenvalue weighted by molar-refractivity contribution is 5.94. The Morgan fingerprint density at radius 2 is 1.92 bits per heavy atom. The average Bonchev–Trinajstić information content (AvgIpc) is 3.32. The van der Waals surface area contributed by atoms with Gasteiger partial charge in [0, 0.05) is 25.1 Å². The second-order valence-electron chi connectivity index (χ2n) is 6.35. The van der Waals surface area contributed by atoms with Gasteiger partial charge in [0.25, 0.3) is 5.91 Å². The average molecular weight is 332 g/mol. The molecule has 0 bridgehead atoms. The van der Waals surface area contributed by atoms with Crippen molar-refractivity contribution >= 4 is 5.91 Å². The number of carbonyl (C=O) groups is 1. The first-order chi connectivity index (χ1) is 12.3. The van der Waals surface area contributed by atoms with Gasteiger partial charge in [0.15, 0.2) is 0 Å². The molecule has 0 N–H and O–H groups in total. The summed E-state index contributed by atoms with van der Waals surface area (Å²) in [4.78, 5) is 19.0. The standard InChI is InChI=1S/C20H20N4O/c25-20(24-12-4-7-19(24)17-8-10-21-11-9-17)18-13-22-23(15-18)14-16-5-2-1-3-6-16/h1-3,5-6,8-11,13,15,19H,4,7,12,14H2. The lowest BCUT2D eigenvalue weighted by Crippen LogP contribution is -2.30. The summed E-state index contributed by atoms with van der Waals surface area (Å²) in [6, 6.07) is 14.3. The molecule has 3 aromatic rings. The van der Waals surface area contributed by atoms with E-state index in [0.29, 0.717) is 12.1 Å². The zero-order valence-electron chi connectivity index (χ0n) is 14.0. The van der Waals surface area contributed by atoms with E-state index in [0.717, 1.165) is 24.9 Å². The lowest BCUT2D eigenvalue weighted by Gasteiger charge is -2.24. The highest BCUT2D eigenvalue weighted by atomic mass is 16.2. The lowest BCUT2D eigenvalue weighted by molar-refractivity contribution is 0.0735. The Balaban J connectivity index is 1.51. The summed E-state index contributed by atoms with van der Waals surface area (Å²) in [7, 11) is 0. The maximum absolute atomic E-state index is 13.0. The first-order valence-electron chi connectivity index (χ1n) is 8.58. The van der Waals surface area contributed by atoms with Crippen LogP contribution in [0.15, 0.2) is 67.3 Å². The van der Waals surface area contributed by atoms with Crippen LogP contribution in [-0.4, -0.2) is 32.1 Å². The van der Waals surface area contributed by atoms with E-state index in [4.69, 9.17) is 0 Å². The fourth-order valence-electron chi connectivity index (χ4n) is 3.44. The minimum atomic E-state index is 0.0543. The molecule has 0 saturated carbocycles. The molecule has 1 saturated heterocycles. The summed E-state index contributed by atoms with van der Waals surface area (Å²) in [5.41, 5.74) is 2.97. The third kappa shape index (κ3) is 3.31. The van der Waals surface area contributed by atoms with Crippen molar-refractivity contribution in [1.82, 2.24) is 19.7 Å². The number of pyridine rings is 1. The summed E-state index contributed by atoms with van der Waals surface area (Å²) in [5, 5.41) is 4.36. The number of nitrogens with zero attached hydrogens (tertiary/aromatic N) is 4. The molecule has 1 aliphatic rings. The Morgan fingerprint density at radius 3 is 2.72 bits per heavy atom. The SMILES string of the molecule is O=C(c1cnn(Cc2ccccc2)c1)N1CCCC1c1ccncc1. The lowest BCUT2D eigenvalue weighted by atomic mass is 10.1. The van der Waals surface area contributed by atoms with E-state index in [2.05, 4.69) is 22.2 Å². The molecule has 5 heteroatoms. The second-order valence-corrected chi connectivity index (χ2v) is 6.35. The van der Waals surface area contributed by atoms with E-state index < -0.39 is 0 Å². The first kappa shape index (κ1) is 15.6. The number of hydrogen-bond donors (Lipinski definition) is 0. The first-order valence-corrected chi connectivity index (χ1v) is 8.58. The molecule has 126 valence electrons. The number of amides is 1. The van der Waals surface area contributed by atoms with Crippen molar-refractivity contribution in [3.63, 3.8) is 0 Å². The molecule has 1 aromatic carbocycles. The van der Waals surface area contributed by atoms with Crippen molar-refractivity contribution in [3.8, 4) is 0 Å². The van der Waals surface area contributed by atoms with E-state index in [1.807, 2.05) is 46.1 Å². The molecule has 0 radical (unpaired) electrons. The molecule has 4 rings (SSSR count). The predicted octanol–water partition coefficient (Wildman–Crippen LogP) is 3.30. The Morgan fingerprint density at radius 1 is 1.12 bits per heavy atom. The number of likely N-dealkylation sites (tertiary alicyclic amines) is 1. The van der Waals surface area contributed by atoms with Crippen LogP contribution in [0, 0.1) is 0 Å². The van der Waals surface area contributed by atoms with Gasteiger partial charge in [-0.15, -0.1) is 0 Å². The highest BCUT2D eigenvalue weighted by Crippen LogP contribution is 2.32. The van der Waals surface area contributed by atoms with E-state index in [9.17, 15) is 4.79 Å². The van der Waals surface area contributed by atoms with Crippen LogP contribution in [0.2, 0.25) is 0 Å². The van der Waals surface area contributed by atoms with Gasteiger partial charge in [-0.25, -0.2) is 0 Å². The molecule has 1 fully saturated rings. The van der Waals surface area contributed by atoms with Gasteiger partial charge < -0.3 is 4.90 Å². The Labute approximate surface area is 146 Å². The Kier molecular flexibility index (Phi) is 4.29. The van der Waals surface area contributed by atoms with Gasteiger partial charge in [-0.05, 0) is 36.1 Å². The fourth-order valence-corrected chi connectivity index (χ4v) is 3.44. The van der Waals surface area contributed by atoms with Crippen LogP contribution >= 0.6 is 0 Å². The molecule has 3 heterocycles. The summed E-state index contributed by atoms with van der Waals surface area (Å²) in [5.74, 6) is 0.0543. The van der Waals surface area contributed by atoms with E-state index in [1.165, 1.54) is 5.56 Å². The van der Waals surface area contributed by atoms with E-state index >= 15 is 0 Å². The molecule has 1 unspecified atom stereocenters. The van der Waals surface area contributed by atoms with E-state index in [1.54, 1.807) is 18.6 Å². The summed E-state index contributed by atoms with van der Waals surface area (Å²) in [6.07, 6.45) is 9.11. The zero-order chi connectivity index (χ0) is 17.1. The number of benzene rings is 1. The zero-order valence-corrected chi connectivity index (χ0v) is 14.0. The van der Waals surface area contributed by atoms with Crippen LogP contribution in [0.3, 0.4) is 0 Å². The van der Waals surface area contributed by atoms with Gasteiger partial charge in [0.1, 0.15) is 0 Å². The van der Waals surface area contributed by atoms with Crippen molar-refractivity contribution in [2.45, 2.75) is 25.4 Å². The smallest absolute Gasteiger partial charge is 0.257 e. The third-order valence-electron chi connectivity index (χ3n) is 4.67. The Hall–Kier alpha value is -2.95. The number of aromatic nitrogens is 3. The van der Waals surface area contributed by atoms with Gasteiger partial charge in [0.2, 0.25) is 0 Å². The number of carbonyl (C=O) groups excluding carboxylic acids is 1. The molecule has 25 heavy (non-hydrogen) atoms. The van der Waals surface area contributed by atoms with E-state index in [-0.39, 0.29) is 11.9 Å². The van der Waals surface area contributed by atoms with Crippen molar-refractivity contribution in [1.29, 1.82) is 0 Å². The van der Waals surface area contributed by atoms with Crippen LogP contribution < -0.4 is 0 Å². The van der Waals surface area contributed by atoms with Gasteiger partial charge >= 0.3 is 0 Å². The highest BCUT2D eigenvalue weighted by Gasteiger charge is 2.31. The molecular formula is C20H20N4O. The normalized spacial score (nSPS) is 17.0. The minimum Gasteiger partial charge on any atom is -0.332 e. The monoisotopic (exact) mass is 332 g/mol. The van der Waals surface area contributed by atoms with Crippen LogP contribution in [-0.2, 0) is 6.54 Å². The molecule has 5 nitrogen and oxygen atoms in total. The van der Waals surface area contributed by atoms with Crippen LogP contribution in [0.4, 0.5) is 0 Å². The summed E-state index contributed by atoms with van der Waals surface area (Å²) in [6.45, 7) is 1.46. The quantitative estimate of drug-likeness (QED) is 0.736. The van der Waals surface area contributed by atoms with Gasteiger partial charge in [-0.2, -0.15) is 5.10 Å². The van der Waals surface area contributed by atoms with Gasteiger partial charge in [0.05, 0.1) is 24.3 Å². The molecule has 1 amide bonds. The van der Waals surface area contributed by atoms with Crippen LogP contribution in [0.25, 0.3) is 0 Å². The van der Waals surface area contributed by atoms with Crippen molar-refractivity contribution < 1.29 is 4.79 Å².